The first-order valence-electron chi connectivity index (χ1n) is 6.40. The highest BCUT2D eigenvalue weighted by atomic mass is 16.5. The highest BCUT2D eigenvalue weighted by Gasteiger charge is 2.17. The standard InChI is InChI=1S/C12H15N5O2/c18-11-4-3-9(15-16-11)12-14-10(17-19-12)6-8-2-1-5-13-7-8/h3-4,8,13H,1-2,5-7H2,(H,16,18). The van der Waals surface area contributed by atoms with Crippen molar-refractivity contribution in [2.75, 3.05) is 13.1 Å². The molecule has 1 fully saturated rings. The van der Waals surface area contributed by atoms with Crippen LogP contribution in [0.2, 0.25) is 0 Å². The van der Waals surface area contributed by atoms with E-state index in [2.05, 4.69) is 25.7 Å². The molecule has 7 nitrogen and oxygen atoms in total. The first kappa shape index (κ1) is 12.0. The minimum absolute atomic E-state index is 0.253. The molecule has 1 saturated heterocycles. The molecule has 0 spiro atoms. The van der Waals surface area contributed by atoms with Crippen molar-refractivity contribution in [2.45, 2.75) is 19.3 Å². The van der Waals surface area contributed by atoms with Crippen LogP contribution in [0, 0.1) is 5.92 Å². The fraction of sp³-hybridized carbons (Fsp3) is 0.500. The second-order valence-electron chi connectivity index (χ2n) is 4.74. The number of piperidine rings is 1. The topological polar surface area (TPSA) is 96.7 Å². The number of hydrogen-bond acceptors (Lipinski definition) is 6. The predicted octanol–water partition coefficient (Wildman–Crippen LogP) is 0.362. The summed E-state index contributed by atoms with van der Waals surface area (Å²) in [5.41, 5.74) is 0.233. The van der Waals surface area contributed by atoms with Crippen LogP contribution in [0.5, 0.6) is 0 Å². The molecular formula is C12H15N5O2. The fourth-order valence-electron chi connectivity index (χ4n) is 2.26. The van der Waals surface area contributed by atoms with E-state index in [1.54, 1.807) is 6.07 Å². The van der Waals surface area contributed by atoms with Gasteiger partial charge in [-0.25, -0.2) is 5.10 Å². The summed E-state index contributed by atoms with van der Waals surface area (Å²) in [5, 5.41) is 13.5. The Labute approximate surface area is 109 Å². The number of aromatic amines is 1. The Morgan fingerprint density at radius 1 is 1.42 bits per heavy atom. The van der Waals surface area contributed by atoms with Crippen LogP contribution in [0.3, 0.4) is 0 Å². The third-order valence-corrected chi connectivity index (χ3v) is 3.24. The predicted molar refractivity (Wildman–Crippen MR) is 67.4 cm³/mol. The molecule has 1 aliphatic heterocycles. The van der Waals surface area contributed by atoms with Crippen LogP contribution in [-0.4, -0.2) is 33.4 Å². The van der Waals surface area contributed by atoms with Crippen molar-refractivity contribution in [3.05, 3.63) is 28.3 Å². The average molecular weight is 261 g/mol. The van der Waals surface area contributed by atoms with Crippen molar-refractivity contribution in [3.63, 3.8) is 0 Å². The van der Waals surface area contributed by atoms with Gasteiger partial charge >= 0.3 is 0 Å². The van der Waals surface area contributed by atoms with Crippen molar-refractivity contribution in [2.24, 2.45) is 5.92 Å². The summed E-state index contributed by atoms with van der Waals surface area (Å²) in [5.74, 6) is 1.59. The van der Waals surface area contributed by atoms with Gasteiger partial charge in [0.2, 0.25) is 0 Å². The van der Waals surface area contributed by atoms with Crippen molar-refractivity contribution in [3.8, 4) is 11.6 Å². The maximum Gasteiger partial charge on any atom is 0.278 e. The molecule has 2 aromatic rings. The number of nitrogens with zero attached hydrogens (tertiary/aromatic N) is 3. The summed E-state index contributed by atoms with van der Waals surface area (Å²) >= 11 is 0. The van der Waals surface area contributed by atoms with Crippen LogP contribution >= 0.6 is 0 Å². The number of rotatable bonds is 3. The summed E-state index contributed by atoms with van der Waals surface area (Å²) in [6.45, 7) is 2.09. The van der Waals surface area contributed by atoms with Gasteiger partial charge in [-0.15, -0.1) is 0 Å². The Morgan fingerprint density at radius 2 is 2.37 bits per heavy atom. The summed E-state index contributed by atoms with van der Waals surface area (Å²) in [4.78, 5) is 15.2. The van der Waals surface area contributed by atoms with E-state index in [0.29, 0.717) is 23.3 Å². The second-order valence-corrected chi connectivity index (χ2v) is 4.74. The minimum Gasteiger partial charge on any atom is -0.332 e. The molecule has 0 amide bonds. The number of H-pyrrole nitrogens is 1. The molecule has 2 aromatic heterocycles. The molecule has 100 valence electrons. The minimum atomic E-state index is -0.253. The van der Waals surface area contributed by atoms with Crippen LogP contribution in [0.4, 0.5) is 0 Å². The molecule has 0 aromatic carbocycles. The van der Waals surface area contributed by atoms with Crippen LogP contribution in [0.15, 0.2) is 21.5 Å². The van der Waals surface area contributed by atoms with E-state index >= 15 is 0 Å². The molecule has 0 saturated carbocycles. The Kier molecular flexibility index (Phi) is 3.37. The first-order valence-corrected chi connectivity index (χ1v) is 6.40. The zero-order valence-electron chi connectivity index (χ0n) is 10.4. The van der Waals surface area contributed by atoms with E-state index in [0.717, 1.165) is 19.5 Å². The molecule has 2 N–H and O–H groups in total. The van der Waals surface area contributed by atoms with Gasteiger partial charge in [0.25, 0.3) is 11.4 Å². The van der Waals surface area contributed by atoms with Crippen LogP contribution in [0.25, 0.3) is 11.6 Å². The molecule has 0 aliphatic carbocycles. The molecule has 3 heterocycles. The van der Waals surface area contributed by atoms with E-state index in [4.69, 9.17) is 4.52 Å². The third-order valence-electron chi connectivity index (χ3n) is 3.24. The summed E-state index contributed by atoms with van der Waals surface area (Å²) < 4.78 is 5.17. The van der Waals surface area contributed by atoms with Gasteiger partial charge in [0.15, 0.2) is 5.82 Å². The van der Waals surface area contributed by atoms with Gasteiger partial charge in [0.1, 0.15) is 5.69 Å². The van der Waals surface area contributed by atoms with Crippen LogP contribution < -0.4 is 10.9 Å². The normalized spacial score (nSPS) is 19.5. The molecule has 19 heavy (non-hydrogen) atoms. The largest absolute Gasteiger partial charge is 0.332 e. The van der Waals surface area contributed by atoms with Crippen LogP contribution in [-0.2, 0) is 6.42 Å². The smallest absolute Gasteiger partial charge is 0.278 e. The number of hydrogen-bond donors (Lipinski definition) is 2. The van der Waals surface area contributed by atoms with E-state index in [1.807, 2.05) is 0 Å². The van der Waals surface area contributed by atoms with Gasteiger partial charge in [0.05, 0.1) is 0 Å². The molecular weight excluding hydrogens is 246 g/mol. The van der Waals surface area contributed by atoms with Gasteiger partial charge < -0.3 is 9.84 Å². The van der Waals surface area contributed by atoms with E-state index in [9.17, 15) is 4.79 Å². The molecule has 7 heteroatoms. The molecule has 1 aliphatic rings. The van der Waals surface area contributed by atoms with E-state index < -0.39 is 0 Å². The van der Waals surface area contributed by atoms with Crippen molar-refractivity contribution < 1.29 is 4.52 Å². The first-order chi connectivity index (χ1) is 9.31. The lowest BCUT2D eigenvalue weighted by Crippen LogP contribution is -2.31. The lowest BCUT2D eigenvalue weighted by atomic mass is 9.96. The fourth-order valence-corrected chi connectivity index (χ4v) is 2.26. The highest BCUT2D eigenvalue weighted by Crippen LogP contribution is 2.17. The zero-order valence-corrected chi connectivity index (χ0v) is 10.4. The Morgan fingerprint density at radius 3 is 3.11 bits per heavy atom. The lowest BCUT2D eigenvalue weighted by molar-refractivity contribution is 0.359. The number of aromatic nitrogens is 4. The van der Waals surface area contributed by atoms with Gasteiger partial charge in [-0.2, -0.15) is 10.1 Å². The van der Waals surface area contributed by atoms with Gasteiger partial charge in [-0.3, -0.25) is 4.79 Å². The van der Waals surface area contributed by atoms with Gasteiger partial charge in [-0.05, 0) is 37.9 Å². The second kappa shape index (κ2) is 5.31. The quantitative estimate of drug-likeness (QED) is 0.828. The number of nitrogens with one attached hydrogen (secondary N) is 2. The zero-order chi connectivity index (χ0) is 13.1. The maximum atomic E-state index is 10.9. The van der Waals surface area contributed by atoms with Gasteiger partial charge in [0, 0.05) is 12.5 Å². The molecule has 3 rings (SSSR count). The monoisotopic (exact) mass is 261 g/mol. The lowest BCUT2D eigenvalue weighted by Gasteiger charge is -2.20. The Hall–Kier alpha value is -2.02. The molecule has 1 atom stereocenters. The highest BCUT2D eigenvalue weighted by molar-refractivity contribution is 5.44. The van der Waals surface area contributed by atoms with E-state index in [1.165, 1.54) is 18.9 Å². The molecule has 0 radical (unpaired) electrons. The average Bonchev–Trinajstić information content (AvgIpc) is 2.89. The SMILES string of the molecule is O=c1ccc(-c2nc(CC3CCCNC3)no2)n[nH]1. The molecule has 1 unspecified atom stereocenters. The summed E-state index contributed by atoms with van der Waals surface area (Å²) in [7, 11) is 0. The third kappa shape index (κ3) is 2.87. The summed E-state index contributed by atoms with van der Waals surface area (Å²) in [6, 6.07) is 2.95. The van der Waals surface area contributed by atoms with Crippen molar-refractivity contribution in [1.29, 1.82) is 0 Å². The maximum absolute atomic E-state index is 10.9. The van der Waals surface area contributed by atoms with E-state index in [-0.39, 0.29) is 5.56 Å². The Bertz CT molecular complexity index is 580. The Balaban J connectivity index is 1.71. The van der Waals surface area contributed by atoms with Gasteiger partial charge in [-0.1, -0.05) is 5.16 Å². The van der Waals surface area contributed by atoms with Crippen molar-refractivity contribution in [1.82, 2.24) is 25.7 Å². The van der Waals surface area contributed by atoms with Crippen LogP contribution in [0.1, 0.15) is 18.7 Å². The van der Waals surface area contributed by atoms with Crippen molar-refractivity contribution >= 4 is 0 Å². The summed E-state index contributed by atoms with van der Waals surface area (Å²) in [6.07, 6.45) is 3.19. The molecule has 0 bridgehead atoms.